The largest absolute Gasteiger partial charge is 0.481 e. The summed E-state index contributed by atoms with van der Waals surface area (Å²) < 4.78 is 11.5. The number of aliphatic carboxylic acids is 2. The molecule has 1 amide bonds. The Kier molecular flexibility index (Phi) is 6.21. The number of ether oxygens (including phenoxy) is 1. The van der Waals surface area contributed by atoms with E-state index in [0.717, 1.165) is 11.3 Å². The number of hydrogen-bond acceptors (Lipinski definition) is 7. The van der Waals surface area contributed by atoms with Gasteiger partial charge in [-0.1, -0.05) is 12.1 Å². The normalized spacial score (nSPS) is 11.3. The number of thiophene rings is 1. The molecule has 2 aromatic heterocycles. The van der Waals surface area contributed by atoms with Crippen LogP contribution >= 0.6 is 11.3 Å². The van der Waals surface area contributed by atoms with E-state index in [2.05, 4.69) is 5.32 Å². The first kappa shape index (κ1) is 22.8. The standard InChI is InChI=1S/C21H19NO9S/c1-21(2,20(28)29)31-12-5-3-4-10-8-13(30-17(10)12)14-9-11(18(32-14)19(26)27)22-15(23)6-7-16(24)25/h3-5,8-9H,6-7H2,1-2H3,(H,22,23)(H,24,25)(H,26,27)(H,28,29). The van der Waals surface area contributed by atoms with Crippen LogP contribution in [0.4, 0.5) is 5.69 Å². The van der Waals surface area contributed by atoms with Crippen LogP contribution in [0.3, 0.4) is 0 Å². The Balaban J connectivity index is 1.96. The molecule has 0 aliphatic rings. The summed E-state index contributed by atoms with van der Waals surface area (Å²) in [6, 6.07) is 8.02. The van der Waals surface area contributed by atoms with Crippen LogP contribution in [0.15, 0.2) is 34.7 Å². The second-order valence-electron chi connectivity index (χ2n) is 7.30. The molecule has 0 aliphatic carbocycles. The van der Waals surface area contributed by atoms with Crippen LogP contribution in [0.5, 0.6) is 5.75 Å². The maximum absolute atomic E-state index is 12.0. The van der Waals surface area contributed by atoms with Gasteiger partial charge in [-0.25, -0.2) is 9.59 Å². The van der Waals surface area contributed by atoms with Gasteiger partial charge in [-0.15, -0.1) is 11.3 Å². The number of para-hydroxylation sites is 1. The number of carbonyl (C=O) groups is 4. The number of aromatic carboxylic acids is 1. The van der Waals surface area contributed by atoms with Crippen LogP contribution in [-0.4, -0.2) is 44.7 Å². The molecule has 0 bridgehead atoms. The molecule has 0 radical (unpaired) electrons. The molecular formula is C21H19NO9S. The Hall–Kier alpha value is -3.86. The first-order valence-electron chi connectivity index (χ1n) is 9.32. The quantitative estimate of drug-likeness (QED) is 0.370. The molecule has 32 heavy (non-hydrogen) atoms. The highest BCUT2D eigenvalue weighted by atomic mass is 32.1. The SMILES string of the molecule is CC(C)(Oc1cccc2cc(-c3cc(NC(=O)CCC(=O)O)c(C(=O)O)s3)oc12)C(=O)O. The molecule has 168 valence electrons. The minimum Gasteiger partial charge on any atom is -0.481 e. The van der Waals surface area contributed by atoms with E-state index >= 15 is 0 Å². The van der Waals surface area contributed by atoms with Crippen LogP contribution < -0.4 is 10.1 Å². The van der Waals surface area contributed by atoms with Gasteiger partial charge in [0.1, 0.15) is 10.6 Å². The van der Waals surface area contributed by atoms with E-state index in [-0.39, 0.29) is 34.7 Å². The molecule has 0 spiro atoms. The number of rotatable bonds is 9. The van der Waals surface area contributed by atoms with Gasteiger partial charge in [-0.3, -0.25) is 9.59 Å². The van der Waals surface area contributed by atoms with E-state index < -0.39 is 29.4 Å². The summed E-state index contributed by atoms with van der Waals surface area (Å²) in [7, 11) is 0. The van der Waals surface area contributed by atoms with Gasteiger partial charge in [0.05, 0.1) is 17.0 Å². The third-order valence-corrected chi connectivity index (χ3v) is 5.53. The molecular weight excluding hydrogens is 442 g/mol. The summed E-state index contributed by atoms with van der Waals surface area (Å²) in [5.74, 6) is -3.69. The van der Waals surface area contributed by atoms with E-state index in [9.17, 15) is 29.4 Å². The number of furan rings is 1. The van der Waals surface area contributed by atoms with Crippen molar-refractivity contribution in [1.29, 1.82) is 0 Å². The number of amides is 1. The van der Waals surface area contributed by atoms with Crippen molar-refractivity contribution >= 4 is 51.8 Å². The van der Waals surface area contributed by atoms with Crippen molar-refractivity contribution in [2.75, 3.05) is 5.32 Å². The molecule has 0 saturated heterocycles. The number of nitrogens with one attached hydrogen (secondary N) is 1. The fraction of sp³-hybridized carbons (Fsp3) is 0.238. The van der Waals surface area contributed by atoms with Crippen LogP contribution in [-0.2, 0) is 14.4 Å². The minimum absolute atomic E-state index is 0.0248. The zero-order chi connectivity index (χ0) is 23.6. The van der Waals surface area contributed by atoms with E-state index in [1.54, 1.807) is 24.3 Å². The van der Waals surface area contributed by atoms with Crippen molar-refractivity contribution in [3.63, 3.8) is 0 Å². The maximum atomic E-state index is 12.0. The molecule has 4 N–H and O–H groups in total. The summed E-state index contributed by atoms with van der Waals surface area (Å²) in [5, 5.41) is 30.5. The molecule has 0 atom stereocenters. The molecule has 2 heterocycles. The van der Waals surface area contributed by atoms with Crippen LogP contribution in [0, 0.1) is 0 Å². The second kappa shape index (κ2) is 8.71. The number of carbonyl (C=O) groups excluding carboxylic acids is 1. The average Bonchev–Trinajstić information content (AvgIpc) is 3.31. The highest BCUT2D eigenvalue weighted by molar-refractivity contribution is 7.17. The topological polar surface area (TPSA) is 163 Å². The Bertz CT molecular complexity index is 1220. The van der Waals surface area contributed by atoms with Crippen molar-refractivity contribution in [2.45, 2.75) is 32.3 Å². The fourth-order valence-electron chi connectivity index (χ4n) is 2.75. The van der Waals surface area contributed by atoms with Gasteiger partial charge in [-0.05, 0) is 32.0 Å². The minimum atomic E-state index is -1.51. The van der Waals surface area contributed by atoms with Crippen molar-refractivity contribution in [3.05, 3.63) is 35.2 Å². The summed E-state index contributed by atoms with van der Waals surface area (Å²) in [4.78, 5) is 45.9. The first-order valence-corrected chi connectivity index (χ1v) is 10.1. The average molecular weight is 461 g/mol. The zero-order valence-electron chi connectivity index (χ0n) is 17.0. The van der Waals surface area contributed by atoms with E-state index in [1.165, 1.54) is 19.9 Å². The van der Waals surface area contributed by atoms with Crippen molar-refractivity contribution in [3.8, 4) is 16.4 Å². The summed E-state index contributed by atoms with van der Waals surface area (Å²) in [5.41, 5.74) is -1.19. The Labute approximate surface area is 185 Å². The molecule has 0 unspecified atom stereocenters. The molecule has 0 aliphatic heterocycles. The zero-order valence-corrected chi connectivity index (χ0v) is 17.8. The van der Waals surface area contributed by atoms with E-state index in [0.29, 0.717) is 16.0 Å². The number of carboxylic acids is 3. The number of anilines is 1. The fourth-order valence-corrected chi connectivity index (χ4v) is 3.66. The van der Waals surface area contributed by atoms with Crippen LogP contribution in [0.2, 0.25) is 0 Å². The lowest BCUT2D eigenvalue weighted by atomic mass is 10.1. The van der Waals surface area contributed by atoms with Crippen LogP contribution in [0.1, 0.15) is 36.4 Å². The monoisotopic (exact) mass is 461 g/mol. The molecule has 11 heteroatoms. The van der Waals surface area contributed by atoms with Gasteiger partial charge in [0, 0.05) is 11.8 Å². The van der Waals surface area contributed by atoms with Crippen LogP contribution in [0.25, 0.3) is 21.6 Å². The predicted octanol–water partition coefficient (Wildman–Crippen LogP) is 3.90. The molecule has 1 aromatic carbocycles. The smallest absolute Gasteiger partial charge is 0.348 e. The number of benzene rings is 1. The Morgan fingerprint density at radius 2 is 1.81 bits per heavy atom. The third-order valence-electron chi connectivity index (χ3n) is 4.40. The Morgan fingerprint density at radius 3 is 2.44 bits per heavy atom. The van der Waals surface area contributed by atoms with E-state index in [4.69, 9.17) is 14.3 Å². The van der Waals surface area contributed by atoms with Gasteiger partial charge in [0.15, 0.2) is 16.9 Å². The lowest BCUT2D eigenvalue weighted by molar-refractivity contribution is -0.152. The van der Waals surface area contributed by atoms with Gasteiger partial charge in [-0.2, -0.15) is 0 Å². The second-order valence-corrected chi connectivity index (χ2v) is 8.36. The van der Waals surface area contributed by atoms with Gasteiger partial charge in [0.25, 0.3) is 0 Å². The number of carboxylic acid groups (broad SMARTS) is 3. The molecule has 3 rings (SSSR count). The Morgan fingerprint density at radius 1 is 1.09 bits per heavy atom. The number of hydrogen-bond donors (Lipinski definition) is 4. The van der Waals surface area contributed by atoms with Gasteiger partial charge >= 0.3 is 17.9 Å². The third kappa shape index (κ3) is 4.89. The van der Waals surface area contributed by atoms with Gasteiger partial charge in [0.2, 0.25) is 5.91 Å². The molecule has 10 nitrogen and oxygen atoms in total. The maximum Gasteiger partial charge on any atom is 0.348 e. The first-order chi connectivity index (χ1) is 15.0. The lowest BCUT2D eigenvalue weighted by Gasteiger charge is -2.21. The highest BCUT2D eigenvalue weighted by Gasteiger charge is 2.31. The molecule has 0 saturated carbocycles. The summed E-state index contributed by atoms with van der Waals surface area (Å²) in [6.07, 6.45) is -0.686. The highest BCUT2D eigenvalue weighted by Crippen LogP contribution is 2.40. The lowest BCUT2D eigenvalue weighted by Crippen LogP contribution is -2.37. The predicted molar refractivity (Wildman–Crippen MR) is 114 cm³/mol. The number of fused-ring (bicyclic) bond motifs is 1. The summed E-state index contributed by atoms with van der Waals surface area (Å²) >= 11 is 0.867. The van der Waals surface area contributed by atoms with Crippen molar-refractivity contribution < 1.29 is 43.7 Å². The van der Waals surface area contributed by atoms with Crippen molar-refractivity contribution in [2.24, 2.45) is 0 Å². The van der Waals surface area contributed by atoms with E-state index in [1.807, 2.05) is 0 Å². The van der Waals surface area contributed by atoms with Gasteiger partial charge < -0.3 is 29.8 Å². The van der Waals surface area contributed by atoms with Crippen molar-refractivity contribution in [1.82, 2.24) is 0 Å². The molecule has 0 fully saturated rings. The molecule has 3 aromatic rings. The summed E-state index contributed by atoms with van der Waals surface area (Å²) in [6.45, 7) is 2.80.